The number of nitrogens with zero attached hydrogens (tertiary/aromatic N) is 2. The standard InChI is InChI=1S/C21H22Cl2N2S/c1-21(15-25-14-13-24-16-25,26-20-7-3-2-6-19(20)23)12-4-5-17-8-10-18(22)11-9-17/h2-3,6-11,13-14,16H,4-5,12,15H2,1H3. The van der Waals surface area contributed by atoms with E-state index in [0.717, 1.165) is 40.7 Å². The van der Waals surface area contributed by atoms with Crippen LogP contribution in [-0.2, 0) is 13.0 Å². The van der Waals surface area contributed by atoms with E-state index in [0.29, 0.717) is 0 Å². The highest BCUT2D eigenvalue weighted by atomic mass is 35.5. The van der Waals surface area contributed by atoms with Crippen molar-refractivity contribution in [1.82, 2.24) is 9.55 Å². The molecular formula is C21H22Cl2N2S. The summed E-state index contributed by atoms with van der Waals surface area (Å²) >= 11 is 14.2. The largest absolute Gasteiger partial charge is 0.336 e. The molecule has 0 aliphatic rings. The van der Waals surface area contributed by atoms with Crippen LogP contribution >= 0.6 is 35.0 Å². The highest BCUT2D eigenvalue weighted by molar-refractivity contribution is 8.00. The van der Waals surface area contributed by atoms with Gasteiger partial charge in [-0.05, 0) is 56.0 Å². The zero-order chi connectivity index (χ0) is 18.4. The molecule has 0 spiro atoms. The van der Waals surface area contributed by atoms with Gasteiger partial charge in [-0.1, -0.05) is 47.5 Å². The van der Waals surface area contributed by atoms with Crippen LogP contribution in [0, 0.1) is 0 Å². The smallest absolute Gasteiger partial charge is 0.0946 e. The lowest BCUT2D eigenvalue weighted by molar-refractivity contribution is 0.480. The average molecular weight is 405 g/mol. The van der Waals surface area contributed by atoms with E-state index < -0.39 is 0 Å². The maximum atomic E-state index is 6.40. The third kappa shape index (κ3) is 5.54. The first-order valence-corrected chi connectivity index (χ1v) is 10.3. The summed E-state index contributed by atoms with van der Waals surface area (Å²) in [5, 5.41) is 1.60. The Morgan fingerprint density at radius 2 is 1.85 bits per heavy atom. The van der Waals surface area contributed by atoms with Gasteiger partial charge in [-0.2, -0.15) is 0 Å². The van der Waals surface area contributed by atoms with E-state index in [-0.39, 0.29) is 4.75 Å². The fraction of sp³-hybridized carbons (Fsp3) is 0.286. The van der Waals surface area contributed by atoms with Crippen molar-refractivity contribution in [3.05, 3.63) is 82.9 Å². The van der Waals surface area contributed by atoms with Gasteiger partial charge in [0.25, 0.3) is 0 Å². The van der Waals surface area contributed by atoms with E-state index >= 15 is 0 Å². The van der Waals surface area contributed by atoms with Crippen molar-refractivity contribution in [1.29, 1.82) is 0 Å². The van der Waals surface area contributed by atoms with Crippen LogP contribution in [0.4, 0.5) is 0 Å². The zero-order valence-corrected chi connectivity index (χ0v) is 17.1. The van der Waals surface area contributed by atoms with Gasteiger partial charge in [0.1, 0.15) is 0 Å². The maximum absolute atomic E-state index is 6.40. The fourth-order valence-corrected chi connectivity index (χ4v) is 4.72. The number of halogens is 2. The second-order valence-electron chi connectivity index (χ2n) is 6.70. The molecule has 0 saturated carbocycles. The minimum absolute atomic E-state index is 0.0259. The summed E-state index contributed by atoms with van der Waals surface area (Å²) in [5.41, 5.74) is 1.32. The van der Waals surface area contributed by atoms with Crippen LogP contribution in [-0.4, -0.2) is 14.3 Å². The second-order valence-corrected chi connectivity index (χ2v) is 9.17. The minimum atomic E-state index is 0.0259. The Morgan fingerprint density at radius 3 is 2.54 bits per heavy atom. The first kappa shape index (κ1) is 19.3. The normalized spacial score (nSPS) is 13.5. The summed E-state index contributed by atoms with van der Waals surface area (Å²) in [7, 11) is 0. The molecular weight excluding hydrogens is 383 g/mol. The predicted octanol–water partition coefficient (Wildman–Crippen LogP) is 6.76. The molecule has 1 heterocycles. The Kier molecular flexibility index (Phi) is 6.68. The van der Waals surface area contributed by atoms with Crippen LogP contribution < -0.4 is 0 Å². The third-order valence-corrected chi connectivity index (χ3v) is 6.45. The van der Waals surface area contributed by atoms with Crippen molar-refractivity contribution >= 4 is 35.0 Å². The van der Waals surface area contributed by atoms with E-state index in [2.05, 4.69) is 34.7 Å². The van der Waals surface area contributed by atoms with E-state index in [1.165, 1.54) is 5.56 Å². The molecule has 0 aliphatic carbocycles. The van der Waals surface area contributed by atoms with Crippen LogP contribution in [0.15, 0.2) is 72.1 Å². The second kappa shape index (κ2) is 8.98. The van der Waals surface area contributed by atoms with Crippen molar-refractivity contribution < 1.29 is 0 Å². The zero-order valence-electron chi connectivity index (χ0n) is 14.7. The number of aryl methyl sites for hydroxylation is 1. The summed E-state index contributed by atoms with van der Waals surface area (Å²) < 4.78 is 2.17. The number of aromatic nitrogens is 2. The molecule has 5 heteroatoms. The molecule has 1 aromatic heterocycles. The molecule has 2 nitrogen and oxygen atoms in total. The van der Waals surface area contributed by atoms with Crippen molar-refractivity contribution in [2.45, 2.75) is 42.4 Å². The number of hydrogen-bond donors (Lipinski definition) is 0. The van der Waals surface area contributed by atoms with Crippen molar-refractivity contribution in [2.24, 2.45) is 0 Å². The van der Waals surface area contributed by atoms with E-state index in [1.807, 2.05) is 60.8 Å². The molecule has 136 valence electrons. The average Bonchev–Trinajstić information content (AvgIpc) is 3.11. The summed E-state index contributed by atoms with van der Waals surface area (Å²) in [6.07, 6.45) is 8.94. The highest BCUT2D eigenvalue weighted by Crippen LogP contribution is 2.41. The van der Waals surface area contributed by atoms with E-state index in [4.69, 9.17) is 23.2 Å². The minimum Gasteiger partial charge on any atom is -0.336 e. The van der Waals surface area contributed by atoms with Gasteiger partial charge >= 0.3 is 0 Å². The molecule has 3 aromatic rings. The molecule has 26 heavy (non-hydrogen) atoms. The molecule has 0 radical (unpaired) electrons. The van der Waals surface area contributed by atoms with Crippen LogP contribution in [0.5, 0.6) is 0 Å². The number of hydrogen-bond acceptors (Lipinski definition) is 2. The SMILES string of the molecule is CC(CCCc1ccc(Cl)cc1)(Cn1ccnc1)Sc1ccccc1Cl. The number of benzene rings is 2. The molecule has 1 unspecified atom stereocenters. The van der Waals surface area contributed by atoms with Gasteiger partial charge in [0, 0.05) is 33.6 Å². The quantitative estimate of drug-likeness (QED) is 0.385. The van der Waals surface area contributed by atoms with Crippen molar-refractivity contribution in [2.75, 3.05) is 0 Å². The first-order chi connectivity index (χ1) is 12.5. The summed E-state index contributed by atoms with van der Waals surface area (Å²) in [5.74, 6) is 0. The Balaban J connectivity index is 1.69. The van der Waals surface area contributed by atoms with Crippen LogP contribution in [0.3, 0.4) is 0 Å². The van der Waals surface area contributed by atoms with Gasteiger partial charge in [-0.25, -0.2) is 4.98 Å². The Hall–Kier alpha value is -1.42. The number of thioether (sulfide) groups is 1. The molecule has 0 aliphatic heterocycles. The van der Waals surface area contributed by atoms with Gasteiger partial charge in [0.2, 0.25) is 0 Å². The van der Waals surface area contributed by atoms with Crippen molar-refractivity contribution in [3.8, 4) is 0 Å². The van der Waals surface area contributed by atoms with Crippen LogP contribution in [0.1, 0.15) is 25.3 Å². The predicted molar refractivity (Wildman–Crippen MR) is 112 cm³/mol. The molecule has 0 fully saturated rings. The van der Waals surface area contributed by atoms with Gasteiger partial charge < -0.3 is 4.57 Å². The molecule has 0 N–H and O–H groups in total. The van der Waals surface area contributed by atoms with Crippen LogP contribution in [0.25, 0.3) is 0 Å². The first-order valence-electron chi connectivity index (χ1n) is 8.68. The monoisotopic (exact) mass is 404 g/mol. The molecule has 2 aromatic carbocycles. The van der Waals surface area contributed by atoms with Crippen LogP contribution in [0.2, 0.25) is 10.0 Å². The Bertz CT molecular complexity index is 818. The molecule has 0 bridgehead atoms. The lowest BCUT2D eigenvalue weighted by Crippen LogP contribution is -2.27. The third-order valence-electron chi connectivity index (χ3n) is 4.35. The molecule has 0 saturated heterocycles. The van der Waals surface area contributed by atoms with E-state index in [1.54, 1.807) is 0 Å². The topological polar surface area (TPSA) is 17.8 Å². The maximum Gasteiger partial charge on any atom is 0.0946 e. The van der Waals surface area contributed by atoms with E-state index in [9.17, 15) is 0 Å². The molecule has 3 rings (SSSR count). The Morgan fingerprint density at radius 1 is 1.08 bits per heavy atom. The Labute approximate surface area is 169 Å². The van der Waals surface area contributed by atoms with Gasteiger partial charge in [-0.3, -0.25) is 0 Å². The van der Waals surface area contributed by atoms with Gasteiger partial charge in [0.15, 0.2) is 0 Å². The lowest BCUT2D eigenvalue weighted by Gasteiger charge is -2.30. The summed E-state index contributed by atoms with van der Waals surface area (Å²) in [6.45, 7) is 3.20. The number of imidazole rings is 1. The van der Waals surface area contributed by atoms with Crippen molar-refractivity contribution in [3.63, 3.8) is 0 Å². The summed E-state index contributed by atoms with van der Waals surface area (Å²) in [6, 6.07) is 16.2. The molecule has 0 amide bonds. The highest BCUT2D eigenvalue weighted by Gasteiger charge is 2.27. The molecule has 1 atom stereocenters. The van der Waals surface area contributed by atoms with Gasteiger partial charge in [0.05, 0.1) is 11.3 Å². The fourth-order valence-electron chi connectivity index (χ4n) is 3.04. The lowest BCUT2D eigenvalue weighted by atomic mass is 10.00. The summed E-state index contributed by atoms with van der Waals surface area (Å²) in [4.78, 5) is 5.31. The number of rotatable bonds is 8. The van der Waals surface area contributed by atoms with Gasteiger partial charge in [-0.15, -0.1) is 11.8 Å².